The summed E-state index contributed by atoms with van der Waals surface area (Å²) in [5.74, 6) is 0.746. The molecule has 0 radical (unpaired) electrons. The van der Waals surface area contributed by atoms with Crippen LogP contribution in [-0.2, 0) is 4.79 Å². The van der Waals surface area contributed by atoms with E-state index < -0.39 is 0 Å². The van der Waals surface area contributed by atoms with Crippen LogP contribution in [0.25, 0.3) is 0 Å². The van der Waals surface area contributed by atoms with Crippen LogP contribution in [0.1, 0.15) is 32.1 Å². The summed E-state index contributed by atoms with van der Waals surface area (Å²) < 4.78 is 1.02. The first-order valence-electron chi connectivity index (χ1n) is 6.37. The van der Waals surface area contributed by atoms with Crippen molar-refractivity contribution in [3.63, 3.8) is 0 Å². The number of carbonyl (C=O) groups is 1. The summed E-state index contributed by atoms with van der Waals surface area (Å²) in [6, 6.07) is 0. The van der Waals surface area contributed by atoms with Crippen LogP contribution >= 0.6 is 23.1 Å². The number of nitrogens with zero attached hydrogens (tertiary/aromatic N) is 2. The van der Waals surface area contributed by atoms with Crippen molar-refractivity contribution in [2.75, 3.05) is 24.6 Å². The van der Waals surface area contributed by atoms with E-state index in [1.165, 1.54) is 42.4 Å². The van der Waals surface area contributed by atoms with Crippen molar-refractivity contribution < 1.29 is 4.79 Å². The van der Waals surface area contributed by atoms with Crippen LogP contribution in [0.3, 0.4) is 0 Å². The van der Waals surface area contributed by atoms with Gasteiger partial charge in [0.05, 0.1) is 16.2 Å². The number of anilines is 1. The molecule has 0 aromatic carbocycles. The Hall–Kier alpha value is -0.750. The number of likely N-dealkylation sites (tertiary alicyclic amines) is 1. The third kappa shape index (κ3) is 4.17. The lowest BCUT2D eigenvalue weighted by Crippen LogP contribution is -2.35. The van der Waals surface area contributed by atoms with Crippen LogP contribution in [-0.4, -0.2) is 34.6 Å². The average Bonchev–Trinajstić information content (AvgIpc) is 2.72. The second-order valence-corrected chi connectivity index (χ2v) is 6.79. The van der Waals surface area contributed by atoms with E-state index in [2.05, 4.69) is 4.98 Å². The molecule has 0 spiro atoms. The van der Waals surface area contributed by atoms with Gasteiger partial charge < -0.3 is 10.6 Å². The normalized spacial score (nSPS) is 17.2. The molecule has 100 valence electrons. The highest BCUT2D eigenvalue weighted by atomic mass is 32.2. The number of nitrogen functional groups attached to an aromatic ring is 1. The van der Waals surface area contributed by atoms with E-state index in [1.807, 2.05) is 4.90 Å². The van der Waals surface area contributed by atoms with Crippen LogP contribution in [0.2, 0.25) is 0 Å². The molecule has 1 aromatic heterocycles. The van der Waals surface area contributed by atoms with E-state index in [0.717, 1.165) is 30.1 Å². The zero-order valence-corrected chi connectivity index (χ0v) is 12.1. The first-order chi connectivity index (χ1) is 8.75. The Kier molecular flexibility index (Phi) is 5.31. The number of carbonyl (C=O) groups excluding carboxylic acids is 1. The number of aromatic nitrogens is 1. The second-order valence-electron chi connectivity index (χ2n) is 4.45. The highest BCUT2D eigenvalue weighted by molar-refractivity contribution is 8.01. The topological polar surface area (TPSA) is 59.2 Å². The number of hydrogen-bond acceptors (Lipinski definition) is 5. The first-order valence-corrected chi connectivity index (χ1v) is 8.18. The fourth-order valence-electron chi connectivity index (χ4n) is 2.06. The van der Waals surface area contributed by atoms with Gasteiger partial charge in [-0.25, -0.2) is 4.98 Å². The van der Waals surface area contributed by atoms with Gasteiger partial charge in [-0.2, -0.15) is 0 Å². The van der Waals surface area contributed by atoms with Crippen molar-refractivity contribution in [1.29, 1.82) is 0 Å². The molecule has 0 unspecified atom stereocenters. The highest BCUT2D eigenvalue weighted by Crippen LogP contribution is 2.26. The number of amides is 1. The Morgan fingerprint density at radius 2 is 2.00 bits per heavy atom. The summed E-state index contributed by atoms with van der Waals surface area (Å²) >= 11 is 2.98. The SMILES string of the molecule is Nc1ncc(SCC(=O)N2CCCCCCC2)s1. The minimum Gasteiger partial charge on any atom is -0.375 e. The van der Waals surface area contributed by atoms with Crippen molar-refractivity contribution in [1.82, 2.24) is 9.88 Å². The van der Waals surface area contributed by atoms with Gasteiger partial charge in [-0.3, -0.25) is 4.79 Å². The number of thioether (sulfide) groups is 1. The van der Waals surface area contributed by atoms with Crippen LogP contribution in [0.4, 0.5) is 5.13 Å². The summed E-state index contributed by atoms with van der Waals surface area (Å²) in [7, 11) is 0. The van der Waals surface area contributed by atoms with Gasteiger partial charge in [-0.15, -0.1) is 11.8 Å². The minimum absolute atomic E-state index is 0.244. The van der Waals surface area contributed by atoms with Gasteiger partial charge in [0.1, 0.15) is 0 Å². The zero-order valence-electron chi connectivity index (χ0n) is 10.4. The van der Waals surface area contributed by atoms with Gasteiger partial charge in [0.15, 0.2) is 5.13 Å². The molecule has 1 saturated heterocycles. The number of nitrogens with two attached hydrogens (primary N) is 1. The summed E-state index contributed by atoms with van der Waals surface area (Å²) in [4.78, 5) is 18.1. The maximum absolute atomic E-state index is 12.1. The monoisotopic (exact) mass is 285 g/mol. The van der Waals surface area contributed by atoms with E-state index in [9.17, 15) is 4.79 Å². The summed E-state index contributed by atoms with van der Waals surface area (Å²) in [5.41, 5.74) is 5.56. The van der Waals surface area contributed by atoms with Crippen LogP contribution < -0.4 is 5.73 Å². The molecule has 0 saturated carbocycles. The van der Waals surface area contributed by atoms with Crippen molar-refractivity contribution in [2.45, 2.75) is 36.3 Å². The van der Waals surface area contributed by atoms with Crippen molar-refractivity contribution in [2.24, 2.45) is 0 Å². The fourth-order valence-corrected chi connectivity index (χ4v) is 3.72. The van der Waals surface area contributed by atoms with Crippen molar-refractivity contribution in [3.8, 4) is 0 Å². The Bertz CT molecular complexity index is 386. The summed E-state index contributed by atoms with van der Waals surface area (Å²) in [6.07, 6.45) is 7.85. The Morgan fingerprint density at radius 3 is 2.61 bits per heavy atom. The van der Waals surface area contributed by atoms with Crippen LogP contribution in [0, 0.1) is 0 Å². The van der Waals surface area contributed by atoms with Gasteiger partial charge in [-0.1, -0.05) is 30.6 Å². The third-order valence-corrected chi connectivity index (χ3v) is 5.05. The zero-order chi connectivity index (χ0) is 12.8. The molecule has 2 heterocycles. The molecule has 1 aliphatic rings. The molecule has 6 heteroatoms. The predicted molar refractivity (Wildman–Crippen MR) is 76.9 cm³/mol. The largest absolute Gasteiger partial charge is 0.375 e. The molecule has 0 bridgehead atoms. The molecule has 1 fully saturated rings. The smallest absolute Gasteiger partial charge is 0.232 e. The van der Waals surface area contributed by atoms with E-state index >= 15 is 0 Å². The fraction of sp³-hybridized carbons (Fsp3) is 0.667. The minimum atomic E-state index is 0.244. The molecule has 1 aliphatic heterocycles. The molecule has 1 amide bonds. The van der Waals surface area contributed by atoms with Gasteiger partial charge in [-0.05, 0) is 12.8 Å². The maximum Gasteiger partial charge on any atom is 0.232 e. The Labute approximate surface area is 116 Å². The summed E-state index contributed by atoms with van der Waals surface area (Å²) in [6.45, 7) is 1.84. The number of thiazole rings is 1. The average molecular weight is 285 g/mol. The van der Waals surface area contributed by atoms with Gasteiger partial charge in [0.2, 0.25) is 5.91 Å². The molecular formula is C12H19N3OS2. The first kappa shape index (κ1) is 13.7. The van der Waals surface area contributed by atoms with E-state index in [1.54, 1.807) is 6.20 Å². The number of rotatable bonds is 3. The molecule has 0 aliphatic carbocycles. The van der Waals surface area contributed by atoms with Crippen molar-refractivity contribution in [3.05, 3.63) is 6.20 Å². The van der Waals surface area contributed by atoms with Gasteiger partial charge >= 0.3 is 0 Å². The molecular weight excluding hydrogens is 266 g/mol. The molecule has 2 rings (SSSR count). The Morgan fingerprint density at radius 1 is 1.33 bits per heavy atom. The van der Waals surface area contributed by atoms with Crippen molar-refractivity contribution >= 4 is 34.1 Å². The van der Waals surface area contributed by atoms with E-state index in [0.29, 0.717) is 10.9 Å². The van der Waals surface area contributed by atoms with Crippen LogP contribution in [0.15, 0.2) is 10.4 Å². The molecule has 4 nitrogen and oxygen atoms in total. The predicted octanol–water partition coefficient (Wildman–Crippen LogP) is 2.61. The standard InChI is InChI=1S/C12H19N3OS2/c13-12-14-8-11(18-12)17-9-10(16)15-6-4-2-1-3-5-7-15/h8H,1-7,9H2,(H2,13,14). The third-order valence-electron chi connectivity index (χ3n) is 3.05. The van der Waals surface area contributed by atoms with Gasteiger partial charge in [0.25, 0.3) is 0 Å². The summed E-state index contributed by atoms with van der Waals surface area (Å²) in [5, 5.41) is 0.566. The lowest BCUT2D eigenvalue weighted by molar-refractivity contribution is -0.128. The second kappa shape index (κ2) is 6.99. The quantitative estimate of drug-likeness (QED) is 0.867. The van der Waals surface area contributed by atoms with Gasteiger partial charge in [0, 0.05) is 13.1 Å². The lowest BCUT2D eigenvalue weighted by Gasteiger charge is -2.24. The molecule has 2 N–H and O–H groups in total. The molecule has 1 aromatic rings. The Balaban J connectivity index is 1.79. The van der Waals surface area contributed by atoms with Crippen LogP contribution in [0.5, 0.6) is 0 Å². The maximum atomic E-state index is 12.1. The highest BCUT2D eigenvalue weighted by Gasteiger charge is 2.15. The van der Waals surface area contributed by atoms with E-state index in [-0.39, 0.29) is 5.91 Å². The molecule has 0 atom stereocenters. The molecule has 18 heavy (non-hydrogen) atoms. The number of hydrogen-bond donors (Lipinski definition) is 1. The lowest BCUT2D eigenvalue weighted by atomic mass is 10.1. The van der Waals surface area contributed by atoms with E-state index in [4.69, 9.17) is 5.73 Å².